The molecule has 8 heteroatoms. The van der Waals surface area contributed by atoms with Crippen molar-refractivity contribution in [3.63, 3.8) is 0 Å². The van der Waals surface area contributed by atoms with Crippen LogP contribution >= 0.6 is 0 Å². The van der Waals surface area contributed by atoms with Crippen LogP contribution in [0.2, 0.25) is 0 Å². The van der Waals surface area contributed by atoms with E-state index in [-0.39, 0.29) is 17.0 Å². The number of methoxy groups -OCH3 is 1. The highest BCUT2D eigenvalue weighted by Gasteiger charge is 2.18. The zero-order valence-electron chi connectivity index (χ0n) is 14.4. The van der Waals surface area contributed by atoms with E-state index in [2.05, 4.69) is 5.32 Å². The molecule has 26 heavy (non-hydrogen) atoms. The maximum atomic E-state index is 12.3. The SMILES string of the molecule is CCCOC(=O)c1ccc(NC(=O)c2ccc(OC)c([N+](=O)[O-])c2)cc1. The van der Waals surface area contributed by atoms with Crippen molar-refractivity contribution in [3.8, 4) is 5.75 Å². The van der Waals surface area contributed by atoms with Gasteiger partial charge in [-0.1, -0.05) is 6.92 Å². The van der Waals surface area contributed by atoms with Crippen LogP contribution < -0.4 is 10.1 Å². The van der Waals surface area contributed by atoms with E-state index in [1.165, 1.54) is 31.4 Å². The zero-order valence-corrected chi connectivity index (χ0v) is 14.4. The largest absolute Gasteiger partial charge is 0.490 e. The molecule has 0 atom stereocenters. The molecular formula is C18H18N2O6. The lowest BCUT2D eigenvalue weighted by Crippen LogP contribution is -2.12. The number of hydrogen-bond donors (Lipinski definition) is 1. The van der Waals surface area contributed by atoms with Gasteiger partial charge < -0.3 is 14.8 Å². The molecule has 0 saturated heterocycles. The Balaban J connectivity index is 2.11. The average molecular weight is 358 g/mol. The molecule has 2 aromatic rings. The number of nitro groups is 1. The quantitative estimate of drug-likeness (QED) is 0.461. The Morgan fingerprint density at radius 2 is 1.77 bits per heavy atom. The first-order chi connectivity index (χ1) is 12.5. The number of rotatable bonds is 7. The van der Waals surface area contributed by atoms with Gasteiger partial charge in [0.05, 0.1) is 24.2 Å². The van der Waals surface area contributed by atoms with Gasteiger partial charge in [0.15, 0.2) is 5.75 Å². The fourth-order valence-electron chi connectivity index (χ4n) is 2.14. The van der Waals surface area contributed by atoms with Crippen molar-refractivity contribution in [3.05, 3.63) is 63.7 Å². The average Bonchev–Trinajstić information content (AvgIpc) is 2.65. The molecule has 0 unspecified atom stereocenters. The second kappa shape index (κ2) is 8.61. The van der Waals surface area contributed by atoms with Crippen molar-refractivity contribution >= 4 is 23.3 Å². The van der Waals surface area contributed by atoms with Crippen molar-refractivity contribution in [1.82, 2.24) is 0 Å². The first-order valence-corrected chi connectivity index (χ1v) is 7.87. The highest BCUT2D eigenvalue weighted by atomic mass is 16.6. The molecule has 0 aliphatic carbocycles. The predicted molar refractivity (Wildman–Crippen MR) is 94.6 cm³/mol. The molecule has 0 aromatic heterocycles. The summed E-state index contributed by atoms with van der Waals surface area (Å²) in [6.07, 6.45) is 0.730. The molecule has 0 heterocycles. The second-order valence-corrected chi connectivity index (χ2v) is 5.31. The van der Waals surface area contributed by atoms with Crippen LogP contribution in [0.4, 0.5) is 11.4 Å². The fourth-order valence-corrected chi connectivity index (χ4v) is 2.14. The van der Waals surface area contributed by atoms with Gasteiger partial charge in [0.2, 0.25) is 0 Å². The first-order valence-electron chi connectivity index (χ1n) is 7.87. The maximum absolute atomic E-state index is 12.3. The van der Waals surface area contributed by atoms with E-state index in [9.17, 15) is 19.7 Å². The lowest BCUT2D eigenvalue weighted by Gasteiger charge is -2.08. The Kier molecular flexibility index (Phi) is 6.26. The number of carbonyl (C=O) groups is 2. The molecule has 8 nitrogen and oxygen atoms in total. The normalized spacial score (nSPS) is 10.1. The van der Waals surface area contributed by atoms with Gasteiger partial charge in [0.1, 0.15) is 0 Å². The summed E-state index contributed by atoms with van der Waals surface area (Å²) in [7, 11) is 1.31. The molecule has 1 amide bonds. The minimum Gasteiger partial charge on any atom is -0.490 e. The molecule has 1 N–H and O–H groups in total. The van der Waals surface area contributed by atoms with Gasteiger partial charge >= 0.3 is 11.7 Å². The Morgan fingerprint density at radius 3 is 2.35 bits per heavy atom. The van der Waals surface area contributed by atoms with E-state index in [4.69, 9.17) is 9.47 Å². The summed E-state index contributed by atoms with van der Waals surface area (Å²) in [5.74, 6) is -0.880. The molecule has 2 rings (SSSR count). The van der Waals surface area contributed by atoms with Crippen LogP contribution in [0.15, 0.2) is 42.5 Å². The summed E-state index contributed by atoms with van der Waals surface area (Å²) in [6, 6.07) is 10.1. The third kappa shape index (κ3) is 4.56. The topological polar surface area (TPSA) is 108 Å². The number of nitrogens with zero attached hydrogens (tertiary/aromatic N) is 1. The van der Waals surface area contributed by atoms with Gasteiger partial charge in [-0.05, 0) is 42.8 Å². The molecule has 0 aliphatic heterocycles. The molecule has 136 valence electrons. The molecule has 0 aliphatic rings. The number of anilines is 1. The summed E-state index contributed by atoms with van der Waals surface area (Å²) in [4.78, 5) is 34.4. The fraction of sp³-hybridized carbons (Fsp3) is 0.222. The Hall–Kier alpha value is -3.42. The Morgan fingerprint density at radius 1 is 1.12 bits per heavy atom. The van der Waals surface area contributed by atoms with Crippen LogP contribution in [0.3, 0.4) is 0 Å². The third-order valence-corrected chi connectivity index (χ3v) is 3.45. The minimum atomic E-state index is -0.619. The van der Waals surface area contributed by atoms with Crippen LogP contribution in [-0.4, -0.2) is 30.5 Å². The Labute approximate surface area is 149 Å². The summed E-state index contributed by atoms with van der Waals surface area (Å²) in [5.41, 5.74) is 0.634. The maximum Gasteiger partial charge on any atom is 0.338 e. The predicted octanol–water partition coefficient (Wildman–Crippen LogP) is 3.42. The van der Waals surface area contributed by atoms with Crippen molar-refractivity contribution in [2.75, 3.05) is 19.0 Å². The molecule has 0 radical (unpaired) electrons. The lowest BCUT2D eigenvalue weighted by molar-refractivity contribution is -0.385. The van der Waals surface area contributed by atoms with Crippen molar-refractivity contribution in [2.45, 2.75) is 13.3 Å². The molecule has 2 aromatic carbocycles. The number of carbonyl (C=O) groups excluding carboxylic acids is 2. The Bertz CT molecular complexity index is 817. The minimum absolute atomic E-state index is 0.0708. The van der Waals surface area contributed by atoms with E-state index < -0.39 is 16.8 Å². The van der Waals surface area contributed by atoms with E-state index in [0.717, 1.165) is 12.5 Å². The number of nitrogens with one attached hydrogen (secondary N) is 1. The number of nitro benzene ring substituents is 1. The van der Waals surface area contributed by atoms with Crippen molar-refractivity contribution in [1.29, 1.82) is 0 Å². The summed E-state index contributed by atoms with van der Waals surface area (Å²) in [5, 5.41) is 13.7. The molecule has 0 fully saturated rings. The highest BCUT2D eigenvalue weighted by Crippen LogP contribution is 2.27. The van der Waals surface area contributed by atoms with Gasteiger partial charge in [-0.2, -0.15) is 0 Å². The monoisotopic (exact) mass is 358 g/mol. The van der Waals surface area contributed by atoms with Crippen LogP contribution in [0.25, 0.3) is 0 Å². The van der Waals surface area contributed by atoms with E-state index in [1.807, 2.05) is 6.92 Å². The first kappa shape index (κ1) is 18.9. The number of esters is 1. The number of hydrogen-bond acceptors (Lipinski definition) is 6. The van der Waals surface area contributed by atoms with Crippen LogP contribution in [0, 0.1) is 10.1 Å². The van der Waals surface area contributed by atoms with E-state index >= 15 is 0 Å². The zero-order chi connectivity index (χ0) is 19.1. The molecule has 0 saturated carbocycles. The van der Waals surface area contributed by atoms with Crippen LogP contribution in [0.5, 0.6) is 5.75 Å². The number of amides is 1. The summed E-state index contributed by atoms with van der Waals surface area (Å²) in [6.45, 7) is 2.24. The van der Waals surface area contributed by atoms with Crippen LogP contribution in [-0.2, 0) is 4.74 Å². The van der Waals surface area contributed by atoms with Gasteiger partial charge in [-0.15, -0.1) is 0 Å². The van der Waals surface area contributed by atoms with Crippen LogP contribution in [0.1, 0.15) is 34.1 Å². The van der Waals surface area contributed by atoms with Crippen molar-refractivity contribution in [2.24, 2.45) is 0 Å². The summed E-state index contributed by atoms with van der Waals surface area (Å²) < 4.78 is 9.93. The van der Waals surface area contributed by atoms with Gasteiger partial charge in [0.25, 0.3) is 5.91 Å². The van der Waals surface area contributed by atoms with E-state index in [1.54, 1.807) is 12.1 Å². The highest BCUT2D eigenvalue weighted by molar-refractivity contribution is 6.05. The van der Waals surface area contributed by atoms with Crippen molar-refractivity contribution < 1.29 is 24.0 Å². The standard InChI is InChI=1S/C18H18N2O6/c1-3-10-26-18(22)12-4-7-14(8-5-12)19-17(21)13-6-9-16(25-2)15(11-13)20(23)24/h4-9,11H,3,10H2,1-2H3,(H,19,21). The lowest BCUT2D eigenvalue weighted by atomic mass is 10.1. The molecule has 0 bridgehead atoms. The number of ether oxygens (including phenoxy) is 2. The van der Waals surface area contributed by atoms with Gasteiger partial charge in [0, 0.05) is 17.3 Å². The van der Waals surface area contributed by atoms with Gasteiger partial charge in [-0.25, -0.2) is 4.79 Å². The third-order valence-electron chi connectivity index (χ3n) is 3.45. The molecular weight excluding hydrogens is 340 g/mol. The smallest absolute Gasteiger partial charge is 0.338 e. The van der Waals surface area contributed by atoms with Gasteiger partial charge in [-0.3, -0.25) is 14.9 Å². The number of benzene rings is 2. The molecule has 0 spiro atoms. The second-order valence-electron chi connectivity index (χ2n) is 5.31. The van der Waals surface area contributed by atoms with E-state index in [0.29, 0.717) is 17.9 Å². The summed E-state index contributed by atoms with van der Waals surface area (Å²) >= 11 is 0.